The molecule has 0 bridgehead atoms. The first-order chi connectivity index (χ1) is 8.56. The number of hydrogen-bond donors (Lipinski definition) is 1. The van der Waals surface area contributed by atoms with Crippen molar-refractivity contribution in [1.29, 1.82) is 0 Å². The Morgan fingerprint density at radius 2 is 1.89 bits per heavy atom. The smallest absolute Gasteiger partial charge is 0.165 e. The molecule has 1 heterocycles. The number of ether oxygens (including phenoxy) is 2. The van der Waals surface area contributed by atoms with E-state index in [0.29, 0.717) is 13.2 Å². The third-order valence-electron chi connectivity index (χ3n) is 4.51. The number of nitrogens with two attached hydrogens (primary N) is 1. The zero-order chi connectivity index (χ0) is 12.9. The molecule has 1 unspecified atom stereocenters. The SMILES string of the molecule is Cc1cc2c(c(C3(C(C)N)CC3)c1C)OCCO2. The quantitative estimate of drug-likeness (QED) is 0.873. The second kappa shape index (κ2) is 3.89. The molecule has 1 aromatic rings. The maximum Gasteiger partial charge on any atom is 0.165 e. The Kier molecular flexibility index (Phi) is 2.56. The standard InChI is InChI=1S/C15H21NO2/c1-9-8-12-14(18-7-6-17-12)13(10(9)2)15(4-5-15)11(3)16/h8,11H,4-7,16H2,1-3H3. The Morgan fingerprint density at radius 3 is 2.50 bits per heavy atom. The Hall–Kier alpha value is -1.22. The van der Waals surface area contributed by atoms with Gasteiger partial charge < -0.3 is 15.2 Å². The second-order valence-corrected chi connectivity index (χ2v) is 5.66. The third kappa shape index (κ3) is 1.53. The van der Waals surface area contributed by atoms with Crippen molar-refractivity contribution in [2.24, 2.45) is 5.73 Å². The van der Waals surface area contributed by atoms with E-state index in [1.165, 1.54) is 16.7 Å². The lowest BCUT2D eigenvalue weighted by Gasteiger charge is -2.30. The summed E-state index contributed by atoms with van der Waals surface area (Å²) >= 11 is 0. The fraction of sp³-hybridized carbons (Fsp3) is 0.600. The van der Waals surface area contributed by atoms with Crippen LogP contribution < -0.4 is 15.2 Å². The molecule has 0 spiro atoms. The molecule has 1 fully saturated rings. The van der Waals surface area contributed by atoms with Crippen LogP contribution in [0.4, 0.5) is 0 Å². The molecule has 0 saturated heterocycles. The van der Waals surface area contributed by atoms with Crippen molar-refractivity contribution in [3.63, 3.8) is 0 Å². The molecule has 2 aliphatic rings. The highest BCUT2D eigenvalue weighted by atomic mass is 16.6. The second-order valence-electron chi connectivity index (χ2n) is 5.66. The van der Waals surface area contributed by atoms with E-state index in [1.807, 2.05) is 0 Å². The predicted octanol–water partition coefficient (Wildman–Crippen LogP) is 2.45. The van der Waals surface area contributed by atoms with Crippen molar-refractivity contribution in [2.45, 2.75) is 45.1 Å². The summed E-state index contributed by atoms with van der Waals surface area (Å²) in [5.41, 5.74) is 10.2. The van der Waals surface area contributed by atoms with Crippen molar-refractivity contribution < 1.29 is 9.47 Å². The summed E-state index contributed by atoms with van der Waals surface area (Å²) in [5.74, 6) is 1.84. The van der Waals surface area contributed by atoms with Gasteiger partial charge in [0.1, 0.15) is 13.2 Å². The maximum absolute atomic E-state index is 6.22. The van der Waals surface area contributed by atoms with Crippen LogP contribution in [0.5, 0.6) is 11.5 Å². The van der Waals surface area contributed by atoms with Gasteiger partial charge >= 0.3 is 0 Å². The number of fused-ring (bicyclic) bond motifs is 1. The average Bonchev–Trinajstić information content (AvgIpc) is 3.12. The van der Waals surface area contributed by atoms with Gasteiger partial charge in [0.25, 0.3) is 0 Å². The molecular weight excluding hydrogens is 226 g/mol. The Bertz CT molecular complexity index is 490. The molecule has 98 valence electrons. The first kappa shape index (κ1) is 11.8. The van der Waals surface area contributed by atoms with Gasteiger partial charge in [-0.15, -0.1) is 0 Å². The molecule has 1 saturated carbocycles. The number of benzene rings is 1. The Morgan fingerprint density at radius 1 is 1.22 bits per heavy atom. The normalized spacial score (nSPS) is 21.6. The lowest BCUT2D eigenvalue weighted by atomic mass is 9.83. The van der Waals surface area contributed by atoms with E-state index in [2.05, 4.69) is 26.8 Å². The Labute approximate surface area is 108 Å². The molecule has 3 heteroatoms. The van der Waals surface area contributed by atoms with Gasteiger partial charge in [0.2, 0.25) is 0 Å². The van der Waals surface area contributed by atoms with E-state index in [1.54, 1.807) is 0 Å². The first-order valence-corrected chi connectivity index (χ1v) is 6.72. The van der Waals surface area contributed by atoms with Crippen molar-refractivity contribution in [1.82, 2.24) is 0 Å². The first-order valence-electron chi connectivity index (χ1n) is 6.72. The molecule has 1 aromatic carbocycles. The highest BCUT2D eigenvalue weighted by Crippen LogP contribution is 2.57. The van der Waals surface area contributed by atoms with E-state index < -0.39 is 0 Å². The molecule has 3 rings (SSSR count). The van der Waals surface area contributed by atoms with E-state index in [4.69, 9.17) is 15.2 Å². The summed E-state index contributed by atoms with van der Waals surface area (Å²) in [6.07, 6.45) is 2.32. The monoisotopic (exact) mass is 247 g/mol. The van der Waals surface area contributed by atoms with Gasteiger partial charge in [0.15, 0.2) is 11.5 Å². The van der Waals surface area contributed by atoms with Crippen LogP contribution in [-0.2, 0) is 5.41 Å². The molecule has 1 aliphatic heterocycles. The summed E-state index contributed by atoms with van der Waals surface area (Å²) in [7, 11) is 0. The molecule has 1 aliphatic carbocycles. The number of aryl methyl sites for hydroxylation is 1. The fourth-order valence-corrected chi connectivity index (χ4v) is 3.07. The van der Waals surface area contributed by atoms with Crippen molar-refractivity contribution in [3.8, 4) is 11.5 Å². The van der Waals surface area contributed by atoms with Crippen LogP contribution in [0.3, 0.4) is 0 Å². The van der Waals surface area contributed by atoms with Crippen molar-refractivity contribution in [2.75, 3.05) is 13.2 Å². The fourth-order valence-electron chi connectivity index (χ4n) is 3.07. The van der Waals surface area contributed by atoms with Gasteiger partial charge in [-0.2, -0.15) is 0 Å². The van der Waals surface area contributed by atoms with E-state index in [9.17, 15) is 0 Å². The average molecular weight is 247 g/mol. The molecular formula is C15H21NO2. The van der Waals surface area contributed by atoms with Gasteiger partial charge in [-0.05, 0) is 50.8 Å². The Balaban J connectivity index is 2.21. The summed E-state index contributed by atoms with van der Waals surface area (Å²) in [6.45, 7) is 7.68. The van der Waals surface area contributed by atoms with Crippen molar-refractivity contribution in [3.05, 3.63) is 22.8 Å². The van der Waals surface area contributed by atoms with Gasteiger partial charge in [-0.1, -0.05) is 0 Å². The molecule has 0 radical (unpaired) electrons. The molecule has 18 heavy (non-hydrogen) atoms. The summed E-state index contributed by atoms with van der Waals surface area (Å²) in [6, 6.07) is 2.25. The molecule has 0 aromatic heterocycles. The molecule has 0 amide bonds. The molecule has 2 N–H and O–H groups in total. The van der Waals surface area contributed by atoms with Crippen LogP contribution >= 0.6 is 0 Å². The summed E-state index contributed by atoms with van der Waals surface area (Å²) < 4.78 is 11.6. The third-order valence-corrected chi connectivity index (χ3v) is 4.51. The van der Waals surface area contributed by atoms with Crippen LogP contribution in [0, 0.1) is 13.8 Å². The van der Waals surface area contributed by atoms with Crippen LogP contribution in [0.25, 0.3) is 0 Å². The highest BCUT2D eigenvalue weighted by molar-refractivity contribution is 5.59. The number of rotatable bonds is 2. The minimum atomic E-state index is 0.112. The lowest BCUT2D eigenvalue weighted by Crippen LogP contribution is -2.33. The highest BCUT2D eigenvalue weighted by Gasteiger charge is 2.51. The van der Waals surface area contributed by atoms with E-state index >= 15 is 0 Å². The maximum atomic E-state index is 6.22. The van der Waals surface area contributed by atoms with Gasteiger partial charge in [-0.25, -0.2) is 0 Å². The summed E-state index contributed by atoms with van der Waals surface area (Å²) in [5, 5.41) is 0. The van der Waals surface area contributed by atoms with E-state index in [-0.39, 0.29) is 11.5 Å². The van der Waals surface area contributed by atoms with Gasteiger partial charge in [0, 0.05) is 17.0 Å². The largest absolute Gasteiger partial charge is 0.486 e. The van der Waals surface area contributed by atoms with Crippen LogP contribution in [0.2, 0.25) is 0 Å². The zero-order valence-corrected chi connectivity index (χ0v) is 11.4. The minimum Gasteiger partial charge on any atom is -0.486 e. The van der Waals surface area contributed by atoms with Crippen LogP contribution in [0.15, 0.2) is 6.07 Å². The minimum absolute atomic E-state index is 0.112. The van der Waals surface area contributed by atoms with Gasteiger partial charge in [-0.3, -0.25) is 0 Å². The molecule has 1 atom stereocenters. The van der Waals surface area contributed by atoms with E-state index in [0.717, 1.165) is 24.3 Å². The molecule has 3 nitrogen and oxygen atoms in total. The lowest BCUT2D eigenvalue weighted by molar-refractivity contribution is 0.168. The van der Waals surface area contributed by atoms with Crippen molar-refractivity contribution >= 4 is 0 Å². The number of hydrogen-bond acceptors (Lipinski definition) is 3. The van der Waals surface area contributed by atoms with Gasteiger partial charge in [0.05, 0.1) is 0 Å². The topological polar surface area (TPSA) is 44.5 Å². The van der Waals surface area contributed by atoms with Crippen LogP contribution in [-0.4, -0.2) is 19.3 Å². The van der Waals surface area contributed by atoms with Crippen LogP contribution in [0.1, 0.15) is 36.5 Å². The summed E-state index contributed by atoms with van der Waals surface area (Å²) in [4.78, 5) is 0. The predicted molar refractivity (Wildman–Crippen MR) is 71.5 cm³/mol. The zero-order valence-electron chi connectivity index (χ0n) is 11.4.